The van der Waals surface area contributed by atoms with Crippen LogP contribution < -0.4 is 0 Å². The van der Waals surface area contributed by atoms with Crippen LogP contribution in [0, 0.1) is 0 Å². The number of aromatic hydroxyl groups is 3. The predicted molar refractivity (Wildman–Crippen MR) is 73.8 cm³/mol. The number of carboxylic acid groups (broad SMARTS) is 1. The molecule has 0 radical (unpaired) electrons. The Kier molecular flexibility index (Phi) is 3.61. The van der Waals surface area contributed by atoms with Crippen LogP contribution in [0.4, 0.5) is 0 Å². The highest BCUT2D eigenvalue weighted by atomic mass is 16.4. The Labute approximate surface area is 114 Å². The van der Waals surface area contributed by atoms with Crippen molar-refractivity contribution in [2.75, 3.05) is 0 Å². The van der Waals surface area contributed by atoms with Crippen molar-refractivity contribution >= 4 is 18.1 Å². The molecule has 0 aliphatic carbocycles. The van der Waals surface area contributed by atoms with Gasteiger partial charge in [0.25, 0.3) is 0 Å². The molecule has 20 heavy (non-hydrogen) atoms. The lowest BCUT2D eigenvalue weighted by atomic mass is 10.1. The van der Waals surface area contributed by atoms with Crippen LogP contribution >= 0.6 is 0 Å². The van der Waals surface area contributed by atoms with Crippen LogP contribution in [-0.2, 0) is 0 Å². The molecule has 2 aromatic rings. The second kappa shape index (κ2) is 5.36. The Bertz CT molecular complexity index is 689. The number of phenolic OH excluding ortho intramolecular Hbond substituents is 2. The van der Waals surface area contributed by atoms with Crippen LogP contribution in [0.2, 0.25) is 0 Å². The first-order valence-electron chi connectivity index (χ1n) is 5.74. The van der Waals surface area contributed by atoms with Gasteiger partial charge in [-0.25, -0.2) is 4.79 Å². The third-order valence-electron chi connectivity index (χ3n) is 2.72. The quantitative estimate of drug-likeness (QED) is 0.508. The molecule has 0 unspecified atom stereocenters. The lowest BCUT2D eigenvalue weighted by Gasteiger charge is -2.02. The molecule has 2 rings (SSSR count). The molecule has 0 amide bonds. The van der Waals surface area contributed by atoms with Gasteiger partial charge in [0.1, 0.15) is 22.8 Å². The number of hydrogen-bond donors (Lipinski definition) is 4. The minimum atomic E-state index is -1.22. The molecule has 0 spiro atoms. The predicted octanol–water partition coefficient (Wildman–Crippen LogP) is 2.67. The van der Waals surface area contributed by atoms with Gasteiger partial charge in [0.15, 0.2) is 0 Å². The molecule has 0 bridgehead atoms. The second-order valence-corrected chi connectivity index (χ2v) is 4.16. The number of carbonyl (C=O) groups is 1. The molecule has 0 aliphatic heterocycles. The van der Waals surface area contributed by atoms with Gasteiger partial charge in [0.2, 0.25) is 0 Å². The molecule has 0 saturated heterocycles. The first-order chi connectivity index (χ1) is 9.47. The third-order valence-corrected chi connectivity index (χ3v) is 2.72. The number of hydrogen-bond acceptors (Lipinski definition) is 4. The van der Waals surface area contributed by atoms with E-state index in [0.717, 1.165) is 0 Å². The van der Waals surface area contributed by atoms with Crippen molar-refractivity contribution in [2.45, 2.75) is 0 Å². The van der Waals surface area contributed by atoms with Gasteiger partial charge >= 0.3 is 5.97 Å². The van der Waals surface area contributed by atoms with E-state index in [0.29, 0.717) is 11.1 Å². The van der Waals surface area contributed by atoms with Crippen molar-refractivity contribution in [2.24, 2.45) is 0 Å². The molecule has 5 heteroatoms. The number of benzene rings is 2. The Morgan fingerprint density at radius 3 is 2.30 bits per heavy atom. The van der Waals surface area contributed by atoms with Crippen LogP contribution in [0.5, 0.6) is 17.2 Å². The molecule has 0 saturated carbocycles. The van der Waals surface area contributed by atoms with E-state index in [2.05, 4.69) is 0 Å². The van der Waals surface area contributed by atoms with Crippen molar-refractivity contribution in [3.05, 3.63) is 53.1 Å². The van der Waals surface area contributed by atoms with Gasteiger partial charge in [0.05, 0.1) is 0 Å². The lowest BCUT2D eigenvalue weighted by molar-refractivity contribution is 0.0693. The first-order valence-corrected chi connectivity index (χ1v) is 5.74. The Balaban J connectivity index is 2.34. The van der Waals surface area contributed by atoms with Gasteiger partial charge < -0.3 is 20.4 Å². The summed E-state index contributed by atoms with van der Waals surface area (Å²) >= 11 is 0. The van der Waals surface area contributed by atoms with Crippen molar-refractivity contribution in [3.8, 4) is 17.2 Å². The highest BCUT2D eigenvalue weighted by Gasteiger charge is 2.09. The summed E-state index contributed by atoms with van der Waals surface area (Å²) in [7, 11) is 0. The minimum absolute atomic E-state index is 0.00344. The van der Waals surface area contributed by atoms with Crippen LogP contribution in [0.15, 0.2) is 36.4 Å². The maximum Gasteiger partial charge on any atom is 0.339 e. The third kappa shape index (κ3) is 2.89. The number of carboxylic acids is 1. The molecular formula is C15H12O5. The highest BCUT2D eigenvalue weighted by Crippen LogP contribution is 2.25. The van der Waals surface area contributed by atoms with Crippen molar-refractivity contribution in [3.63, 3.8) is 0 Å². The van der Waals surface area contributed by atoms with E-state index in [1.807, 2.05) is 0 Å². The summed E-state index contributed by atoms with van der Waals surface area (Å²) < 4.78 is 0. The average molecular weight is 272 g/mol. The highest BCUT2D eigenvalue weighted by molar-refractivity contribution is 5.92. The van der Waals surface area contributed by atoms with Gasteiger partial charge in [-0.15, -0.1) is 0 Å². The lowest BCUT2D eigenvalue weighted by Crippen LogP contribution is -1.96. The summed E-state index contributed by atoms with van der Waals surface area (Å²) in [6, 6.07) is 8.23. The Morgan fingerprint density at radius 2 is 1.60 bits per heavy atom. The van der Waals surface area contributed by atoms with Gasteiger partial charge in [-0.2, -0.15) is 0 Å². The smallest absolute Gasteiger partial charge is 0.339 e. The van der Waals surface area contributed by atoms with Crippen LogP contribution in [0.3, 0.4) is 0 Å². The van der Waals surface area contributed by atoms with Gasteiger partial charge in [-0.05, 0) is 35.9 Å². The molecular weight excluding hydrogens is 260 g/mol. The number of aromatic carboxylic acids is 1. The normalized spacial score (nSPS) is 10.8. The Morgan fingerprint density at radius 1 is 0.900 bits per heavy atom. The van der Waals surface area contributed by atoms with Gasteiger partial charge in [-0.1, -0.05) is 18.2 Å². The van der Waals surface area contributed by atoms with Crippen molar-refractivity contribution < 1.29 is 25.2 Å². The minimum Gasteiger partial charge on any atom is -0.508 e. The zero-order valence-corrected chi connectivity index (χ0v) is 10.3. The van der Waals surface area contributed by atoms with Crippen LogP contribution in [-0.4, -0.2) is 26.4 Å². The summed E-state index contributed by atoms with van der Waals surface area (Å²) in [5.41, 5.74) is 0.741. The largest absolute Gasteiger partial charge is 0.508 e. The second-order valence-electron chi connectivity index (χ2n) is 4.16. The fraction of sp³-hybridized carbons (Fsp3) is 0. The van der Waals surface area contributed by atoms with Crippen LogP contribution in [0.25, 0.3) is 12.2 Å². The molecule has 102 valence electrons. The molecule has 0 aromatic heterocycles. The molecule has 4 N–H and O–H groups in total. The van der Waals surface area contributed by atoms with Crippen molar-refractivity contribution in [1.29, 1.82) is 0 Å². The van der Waals surface area contributed by atoms with Gasteiger partial charge in [-0.3, -0.25) is 0 Å². The summed E-state index contributed by atoms with van der Waals surface area (Å²) in [5.74, 6) is -1.52. The monoisotopic (exact) mass is 272 g/mol. The zero-order valence-electron chi connectivity index (χ0n) is 10.3. The summed E-state index contributed by atoms with van der Waals surface area (Å²) in [5, 5.41) is 37.2. The first kappa shape index (κ1) is 13.5. The summed E-state index contributed by atoms with van der Waals surface area (Å²) in [6.07, 6.45) is 3.10. The molecule has 0 heterocycles. The molecule has 2 aromatic carbocycles. The standard InChI is InChI=1S/C15H12O5/c16-11-4-6-13(17)10(8-11)3-1-9-2-5-14(18)12(7-9)15(19)20/h1-8,16-18H,(H,19,20)/b3-1+. The zero-order chi connectivity index (χ0) is 14.7. The molecule has 0 atom stereocenters. The molecule has 0 aliphatic rings. The van der Waals surface area contributed by atoms with E-state index in [4.69, 9.17) is 5.11 Å². The van der Waals surface area contributed by atoms with E-state index < -0.39 is 5.97 Å². The summed E-state index contributed by atoms with van der Waals surface area (Å²) in [4.78, 5) is 10.9. The SMILES string of the molecule is O=C(O)c1cc(/C=C/c2cc(O)ccc2O)ccc1O. The van der Waals surface area contributed by atoms with E-state index >= 15 is 0 Å². The van der Waals surface area contributed by atoms with E-state index in [-0.39, 0.29) is 22.8 Å². The van der Waals surface area contributed by atoms with E-state index in [1.165, 1.54) is 42.5 Å². The molecule has 5 nitrogen and oxygen atoms in total. The number of rotatable bonds is 3. The van der Waals surface area contributed by atoms with Crippen LogP contribution in [0.1, 0.15) is 21.5 Å². The van der Waals surface area contributed by atoms with Gasteiger partial charge in [0, 0.05) is 5.56 Å². The summed E-state index contributed by atoms with van der Waals surface area (Å²) in [6.45, 7) is 0. The van der Waals surface area contributed by atoms with E-state index in [9.17, 15) is 20.1 Å². The number of phenols is 3. The topological polar surface area (TPSA) is 98.0 Å². The maximum absolute atomic E-state index is 10.9. The van der Waals surface area contributed by atoms with Crippen molar-refractivity contribution in [1.82, 2.24) is 0 Å². The molecule has 0 fully saturated rings. The maximum atomic E-state index is 10.9. The Hall–Kier alpha value is -2.95. The fourth-order valence-corrected chi connectivity index (χ4v) is 1.69. The van der Waals surface area contributed by atoms with E-state index in [1.54, 1.807) is 6.08 Å². The average Bonchev–Trinajstić information content (AvgIpc) is 2.41. The fourth-order valence-electron chi connectivity index (χ4n) is 1.69.